The van der Waals surface area contributed by atoms with Gasteiger partial charge >= 0.3 is 11.9 Å². The number of carbonyl (C=O) groups is 7. The van der Waals surface area contributed by atoms with Crippen molar-refractivity contribution in [1.29, 1.82) is 0 Å². The molecule has 220 valence electrons. The van der Waals surface area contributed by atoms with Crippen molar-refractivity contribution in [1.82, 2.24) is 26.2 Å². The highest BCUT2D eigenvalue weighted by atomic mass is 16.4. The predicted molar refractivity (Wildman–Crippen MR) is 130 cm³/mol. The zero-order chi connectivity index (χ0) is 29.9. The molecule has 1 saturated heterocycles. The standard InChI is InChI=1S/C22H36N6O11/c1-10(24-15(31)8-23)21(37)28-7-3-4-14(28)20(36)25-12(5-6-16(32)33)18(34)26-13(9-29)19(35)27-17(11(2)30)22(38)39/h10-14,17,29-30H,3-9,23H2,1-2H3,(H,24,31)(H,25,36)(H,26,34)(H,27,35)(H,32,33)(H,38,39)/t10-,11+,12-,13-,14-,17-/m0/s1. The van der Waals surface area contributed by atoms with E-state index in [0.717, 1.165) is 6.92 Å². The summed E-state index contributed by atoms with van der Waals surface area (Å²) in [5.41, 5.74) is 5.24. The van der Waals surface area contributed by atoms with E-state index in [9.17, 15) is 43.8 Å². The van der Waals surface area contributed by atoms with Gasteiger partial charge < -0.3 is 52.3 Å². The number of carbonyl (C=O) groups excluding carboxylic acids is 5. The lowest BCUT2D eigenvalue weighted by Crippen LogP contribution is -2.59. The van der Waals surface area contributed by atoms with Crippen LogP contribution in [0.25, 0.3) is 0 Å². The smallest absolute Gasteiger partial charge is 0.328 e. The van der Waals surface area contributed by atoms with E-state index in [-0.39, 0.29) is 19.5 Å². The van der Waals surface area contributed by atoms with E-state index in [0.29, 0.717) is 6.42 Å². The molecule has 1 aliphatic heterocycles. The molecule has 39 heavy (non-hydrogen) atoms. The topological polar surface area (TPSA) is 278 Å². The van der Waals surface area contributed by atoms with E-state index in [4.69, 9.17) is 15.9 Å². The minimum atomic E-state index is -1.74. The van der Waals surface area contributed by atoms with Gasteiger partial charge in [-0.15, -0.1) is 0 Å². The molecule has 0 unspecified atom stereocenters. The number of rotatable bonds is 15. The number of amides is 5. The minimum Gasteiger partial charge on any atom is -0.481 e. The Morgan fingerprint density at radius 1 is 0.949 bits per heavy atom. The number of hydrogen-bond donors (Lipinski definition) is 9. The summed E-state index contributed by atoms with van der Waals surface area (Å²) in [5.74, 6) is -6.99. The molecular formula is C22H36N6O11. The number of carboxylic acids is 2. The molecule has 0 aromatic heterocycles. The third kappa shape index (κ3) is 10.1. The molecule has 0 bridgehead atoms. The molecule has 5 amide bonds. The van der Waals surface area contributed by atoms with Gasteiger partial charge in [0.2, 0.25) is 29.5 Å². The third-order valence-corrected chi connectivity index (χ3v) is 5.91. The number of nitrogens with two attached hydrogens (primary N) is 1. The van der Waals surface area contributed by atoms with Gasteiger partial charge in [-0.3, -0.25) is 28.8 Å². The molecule has 17 nitrogen and oxygen atoms in total. The molecule has 1 rings (SSSR count). The first-order valence-electron chi connectivity index (χ1n) is 12.2. The summed E-state index contributed by atoms with van der Waals surface area (Å²) in [6.45, 7) is 1.38. The number of aliphatic hydroxyl groups is 2. The van der Waals surface area contributed by atoms with Crippen LogP contribution in [0.5, 0.6) is 0 Å². The SMILES string of the molecule is C[C@H](NC(=O)CN)C(=O)N1CCC[C@H]1C(=O)N[C@@H](CCC(=O)O)C(=O)N[C@@H](CO)C(=O)N[C@H](C(=O)O)[C@@H](C)O. The lowest BCUT2D eigenvalue weighted by Gasteiger charge is -2.29. The average molecular weight is 561 g/mol. The minimum absolute atomic E-state index is 0.187. The molecular weight excluding hydrogens is 524 g/mol. The van der Waals surface area contributed by atoms with E-state index in [1.165, 1.54) is 11.8 Å². The molecule has 1 aliphatic rings. The van der Waals surface area contributed by atoms with Gasteiger partial charge in [0.25, 0.3) is 0 Å². The molecule has 1 heterocycles. The number of aliphatic carboxylic acids is 2. The Kier molecular flexibility index (Phi) is 13.2. The average Bonchev–Trinajstić information content (AvgIpc) is 3.36. The number of nitrogens with zero attached hydrogens (tertiary/aromatic N) is 1. The van der Waals surface area contributed by atoms with Crippen molar-refractivity contribution < 1.29 is 54.0 Å². The van der Waals surface area contributed by atoms with Gasteiger partial charge in [-0.25, -0.2) is 4.79 Å². The van der Waals surface area contributed by atoms with Crippen LogP contribution in [0, 0.1) is 0 Å². The van der Waals surface area contributed by atoms with Crippen LogP contribution in [0.2, 0.25) is 0 Å². The summed E-state index contributed by atoms with van der Waals surface area (Å²) >= 11 is 0. The lowest BCUT2D eigenvalue weighted by atomic mass is 10.1. The van der Waals surface area contributed by atoms with Crippen LogP contribution in [0.1, 0.15) is 39.5 Å². The van der Waals surface area contributed by atoms with Gasteiger partial charge in [0, 0.05) is 13.0 Å². The van der Waals surface area contributed by atoms with Gasteiger partial charge in [0.15, 0.2) is 6.04 Å². The first kappa shape index (κ1) is 33.2. The van der Waals surface area contributed by atoms with Gasteiger partial charge in [-0.1, -0.05) is 0 Å². The number of carboxylic acid groups (broad SMARTS) is 2. The van der Waals surface area contributed by atoms with Crippen LogP contribution >= 0.6 is 0 Å². The molecule has 0 spiro atoms. The molecule has 0 aromatic carbocycles. The fourth-order valence-electron chi connectivity index (χ4n) is 3.83. The Bertz CT molecular complexity index is 943. The number of nitrogens with one attached hydrogen (secondary N) is 4. The molecule has 1 fully saturated rings. The monoisotopic (exact) mass is 560 g/mol. The summed E-state index contributed by atoms with van der Waals surface area (Å²) in [7, 11) is 0. The highest BCUT2D eigenvalue weighted by molar-refractivity contribution is 5.96. The molecule has 17 heteroatoms. The van der Waals surface area contributed by atoms with Gasteiger partial charge in [0.1, 0.15) is 24.2 Å². The third-order valence-electron chi connectivity index (χ3n) is 5.91. The zero-order valence-electron chi connectivity index (χ0n) is 21.6. The van der Waals surface area contributed by atoms with Crippen molar-refractivity contribution in [2.24, 2.45) is 5.73 Å². The normalized spacial score (nSPS) is 18.6. The van der Waals surface area contributed by atoms with Gasteiger partial charge in [0.05, 0.1) is 19.3 Å². The summed E-state index contributed by atoms with van der Waals surface area (Å²) in [6.07, 6.45) is -1.82. The summed E-state index contributed by atoms with van der Waals surface area (Å²) in [5, 5.41) is 46.1. The van der Waals surface area contributed by atoms with E-state index in [2.05, 4.69) is 16.0 Å². The second-order valence-corrected chi connectivity index (χ2v) is 8.99. The lowest BCUT2D eigenvalue weighted by molar-refractivity contribution is -0.145. The molecule has 6 atom stereocenters. The second kappa shape index (κ2) is 15.6. The van der Waals surface area contributed by atoms with Crippen LogP contribution in [-0.4, -0.2) is 123 Å². The highest BCUT2D eigenvalue weighted by Crippen LogP contribution is 2.19. The zero-order valence-corrected chi connectivity index (χ0v) is 21.6. The quantitative estimate of drug-likeness (QED) is 0.0912. The van der Waals surface area contributed by atoms with Crippen molar-refractivity contribution in [3.05, 3.63) is 0 Å². The van der Waals surface area contributed by atoms with Crippen LogP contribution in [-0.2, 0) is 33.6 Å². The van der Waals surface area contributed by atoms with Crippen molar-refractivity contribution >= 4 is 41.5 Å². The van der Waals surface area contributed by atoms with E-state index >= 15 is 0 Å². The second-order valence-electron chi connectivity index (χ2n) is 8.99. The van der Waals surface area contributed by atoms with Crippen molar-refractivity contribution in [2.75, 3.05) is 19.7 Å². The van der Waals surface area contributed by atoms with Crippen LogP contribution in [0.3, 0.4) is 0 Å². The van der Waals surface area contributed by atoms with E-state index in [1.54, 1.807) is 0 Å². The Morgan fingerprint density at radius 2 is 1.56 bits per heavy atom. The van der Waals surface area contributed by atoms with Crippen molar-refractivity contribution in [3.8, 4) is 0 Å². The maximum absolute atomic E-state index is 13.0. The molecule has 0 radical (unpaired) electrons. The summed E-state index contributed by atoms with van der Waals surface area (Å²) in [4.78, 5) is 86.2. The number of aliphatic hydroxyl groups excluding tert-OH is 2. The van der Waals surface area contributed by atoms with Crippen LogP contribution in [0.4, 0.5) is 0 Å². The maximum Gasteiger partial charge on any atom is 0.328 e. The maximum atomic E-state index is 13.0. The first-order valence-corrected chi connectivity index (χ1v) is 12.2. The van der Waals surface area contributed by atoms with Gasteiger partial charge in [-0.05, 0) is 33.1 Å². The fourth-order valence-corrected chi connectivity index (χ4v) is 3.83. The fraction of sp³-hybridized carbons (Fsp3) is 0.682. The largest absolute Gasteiger partial charge is 0.481 e. The Labute approximate surface area is 223 Å². The van der Waals surface area contributed by atoms with Crippen LogP contribution in [0.15, 0.2) is 0 Å². The summed E-state index contributed by atoms with van der Waals surface area (Å²) < 4.78 is 0. The predicted octanol–water partition coefficient (Wildman–Crippen LogP) is -4.78. The van der Waals surface area contributed by atoms with Gasteiger partial charge in [-0.2, -0.15) is 0 Å². The summed E-state index contributed by atoms with van der Waals surface area (Å²) in [6, 6.07) is -6.96. The molecule has 10 N–H and O–H groups in total. The Morgan fingerprint density at radius 3 is 2.08 bits per heavy atom. The first-order chi connectivity index (χ1) is 18.2. The molecule has 0 aliphatic carbocycles. The highest BCUT2D eigenvalue weighted by Gasteiger charge is 2.38. The van der Waals surface area contributed by atoms with Crippen molar-refractivity contribution in [2.45, 2.75) is 75.8 Å². The van der Waals surface area contributed by atoms with Crippen LogP contribution < -0.4 is 27.0 Å². The van der Waals surface area contributed by atoms with E-state index in [1.807, 2.05) is 5.32 Å². The van der Waals surface area contributed by atoms with E-state index < -0.39 is 97.2 Å². The molecule has 0 aromatic rings. The Hall–Kier alpha value is -3.83. The van der Waals surface area contributed by atoms with Crippen molar-refractivity contribution in [3.63, 3.8) is 0 Å². The number of likely N-dealkylation sites (tertiary alicyclic amines) is 1. The number of hydrogen-bond acceptors (Lipinski definition) is 10. The molecule has 0 saturated carbocycles. The Balaban J connectivity index is 3.00.